The number of hydrogen-bond acceptors (Lipinski definition) is 4. The summed E-state index contributed by atoms with van der Waals surface area (Å²) < 4.78 is 5.42. The molecule has 26 heavy (non-hydrogen) atoms. The Labute approximate surface area is 151 Å². The molecule has 0 aliphatic heterocycles. The maximum atomic E-state index is 12.6. The molecule has 4 rings (SSSR count). The van der Waals surface area contributed by atoms with Gasteiger partial charge in [-0.15, -0.1) is 0 Å². The molecule has 0 bridgehead atoms. The Kier molecular flexibility index (Phi) is 4.60. The molecule has 0 unspecified atom stereocenters. The summed E-state index contributed by atoms with van der Waals surface area (Å²) in [5.41, 5.74) is 1.32. The van der Waals surface area contributed by atoms with Gasteiger partial charge in [0, 0.05) is 18.6 Å². The standard InChI is InChI=1S/C19H22N4O3/c24-18(21-14-6-7-14)16-12-26-17(22-16)11-23(15-8-9-15)19(25)20-10-13-4-2-1-3-5-13/h1-5,12,14-15H,6-11H2,(H,20,25)(H,21,24). The van der Waals surface area contributed by atoms with Gasteiger partial charge in [-0.3, -0.25) is 4.79 Å². The van der Waals surface area contributed by atoms with Gasteiger partial charge in [-0.05, 0) is 31.2 Å². The number of urea groups is 1. The van der Waals surface area contributed by atoms with Gasteiger partial charge >= 0.3 is 6.03 Å². The molecule has 1 aromatic heterocycles. The fourth-order valence-corrected chi connectivity index (χ4v) is 2.75. The third kappa shape index (κ3) is 4.22. The first kappa shape index (κ1) is 16.6. The van der Waals surface area contributed by atoms with E-state index in [0.717, 1.165) is 31.2 Å². The highest BCUT2D eigenvalue weighted by molar-refractivity contribution is 5.92. The molecule has 0 atom stereocenters. The first-order valence-corrected chi connectivity index (χ1v) is 9.03. The van der Waals surface area contributed by atoms with Crippen LogP contribution in [0.25, 0.3) is 0 Å². The van der Waals surface area contributed by atoms with Crippen LogP contribution in [0.1, 0.15) is 47.6 Å². The summed E-state index contributed by atoms with van der Waals surface area (Å²) in [4.78, 5) is 30.5. The number of carbonyl (C=O) groups is 2. The molecule has 0 saturated heterocycles. The molecule has 1 heterocycles. The zero-order valence-electron chi connectivity index (χ0n) is 14.5. The number of hydrogen-bond donors (Lipinski definition) is 2. The van der Waals surface area contributed by atoms with Gasteiger partial charge in [-0.25, -0.2) is 9.78 Å². The third-order valence-corrected chi connectivity index (χ3v) is 4.54. The number of benzene rings is 1. The van der Waals surface area contributed by atoms with E-state index >= 15 is 0 Å². The van der Waals surface area contributed by atoms with Gasteiger partial charge < -0.3 is 20.0 Å². The maximum absolute atomic E-state index is 12.6. The molecular weight excluding hydrogens is 332 g/mol. The average molecular weight is 354 g/mol. The van der Waals surface area contributed by atoms with E-state index in [1.54, 1.807) is 4.90 Å². The van der Waals surface area contributed by atoms with Crippen LogP contribution in [0.15, 0.2) is 41.0 Å². The van der Waals surface area contributed by atoms with E-state index in [1.165, 1.54) is 6.26 Å². The van der Waals surface area contributed by atoms with Crippen LogP contribution in [-0.2, 0) is 13.1 Å². The second kappa shape index (κ2) is 7.19. The van der Waals surface area contributed by atoms with Crippen LogP contribution >= 0.6 is 0 Å². The predicted molar refractivity (Wildman–Crippen MR) is 94.2 cm³/mol. The van der Waals surface area contributed by atoms with Gasteiger partial charge in [-0.2, -0.15) is 0 Å². The molecule has 7 nitrogen and oxygen atoms in total. The molecule has 7 heteroatoms. The number of rotatable bonds is 7. The van der Waals surface area contributed by atoms with Crippen molar-refractivity contribution in [1.29, 1.82) is 0 Å². The molecule has 2 N–H and O–H groups in total. The Morgan fingerprint density at radius 1 is 1.15 bits per heavy atom. The van der Waals surface area contributed by atoms with Crippen LogP contribution in [0.3, 0.4) is 0 Å². The molecule has 0 radical (unpaired) electrons. The molecular formula is C19H22N4O3. The second-order valence-corrected chi connectivity index (χ2v) is 6.88. The van der Waals surface area contributed by atoms with E-state index in [-0.39, 0.29) is 36.3 Å². The maximum Gasteiger partial charge on any atom is 0.318 e. The van der Waals surface area contributed by atoms with Crippen molar-refractivity contribution in [3.63, 3.8) is 0 Å². The van der Waals surface area contributed by atoms with Gasteiger partial charge in [-0.1, -0.05) is 30.3 Å². The van der Waals surface area contributed by atoms with Crippen molar-refractivity contribution in [2.24, 2.45) is 0 Å². The van der Waals surface area contributed by atoms with Crippen LogP contribution in [0.4, 0.5) is 4.79 Å². The van der Waals surface area contributed by atoms with Crippen molar-refractivity contribution in [2.45, 2.75) is 50.9 Å². The van der Waals surface area contributed by atoms with Crippen LogP contribution in [0.5, 0.6) is 0 Å². The lowest BCUT2D eigenvalue weighted by atomic mass is 10.2. The lowest BCUT2D eigenvalue weighted by molar-refractivity contribution is 0.0946. The van der Waals surface area contributed by atoms with Crippen molar-refractivity contribution in [1.82, 2.24) is 20.5 Å². The fourth-order valence-electron chi connectivity index (χ4n) is 2.75. The Morgan fingerprint density at radius 2 is 1.92 bits per heavy atom. The molecule has 2 fully saturated rings. The Bertz CT molecular complexity index is 781. The summed E-state index contributed by atoms with van der Waals surface area (Å²) in [5, 5.41) is 5.82. The van der Waals surface area contributed by atoms with E-state index in [9.17, 15) is 9.59 Å². The lowest BCUT2D eigenvalue weighted by Gasteiger charge is -2.21. The van der Waals surface area contributed by atoms with Crippen molar-refractivity contribution in [3.8, 4) is 0 Å². The van der Waals surface area contributed by atoms with E-state index < -0.39 is 0 Å². The molecule has 0 spiro atoms. The fraction of sp³-hybridized carbons (Fsp3) is 0.421. The van der Waals surface area contributed by atoms with Gasteiger partial charge in [0.1, 0.15) is 6.26 Å². The number of oxazole rings is 1. The highest BCUT2D eigenvalue weighted by Gasteiger charge is 2.34. The van der Waals surface area contributed by atoms with Crippen molar-refractivity contribution in [2.75, 3.05) is 0 Å². The molecule has 2 aliphatic rings. The first-order chi connectivity index (χ1) is 12.7. The van der Waals surface area contributed by atoms with Gasteiger partial charge in [0.2, 0.25) is 5.89 Å². The summed E-state index contributed by atoms with van der Waals surface area (Å²) in [5.74, 6) is 0.168. The molecule has 136 valence electrons. The van der Waals surface area contributed by atoms with Gasteiger partial charge in [0.05, 0.1) is 6.54 Å². The van der Waals surface area contributed by atoms with Crippen LogP contribution in [0, 0.1) is 0 Å². The highest BCUT2D eigenvalue weighted by atomic mass is 16.3. The molecule has 2 saturated carbocycles. The zero-order chi connectivity index (χ0) is 17.9. The monoisotopic (exact) mass is 354 g/mol. The third-order valence-electron chi connectivity index (χ3n) is 4.54. The number of nitrogens with one attached hydrogen (secondary N) is 2. The normalized spacial score (nSPS) is 16.2. The van der Waals surface area contributed by atoms with Gasteiger partial charge in [0.25, 0.3) is 5.91 Å². The minimum absolute atomic E-state index is 0.140. The molecule has 2 aliphatic carbocycles. The second-order valence-electron chi connectivity index (χ2n) is 6.88. The number of aromatic nitrogens is 1. The summed E-state index contributed by atoms with van der Waals surface area (Å²) in [6.07, 6.45) is 5.37. The first-order valence-electron chi connectivity index (χ1n) is 9.03. The molecule has 2 aromatic rings. The number of nitrogens with zero attached hydrogens (tertiary/aromatic N) is 2. The Hall–Kier alpha value is -2.83. The van der Waals surface area contributed by atoms with Crippen LogP contribution in [-0.4, -0.2) is 33.9 Å². The van der Waals surface area contributed by atoms with Crippen molar-refractivity contribution >= 4 is 11.9 Å². The van der Waals surface area contributed by atoms with Crippen LogP contribution in [0.2, 0.25) is 0 Å². The quantitative estimate of drug-likeness (QED) is 0.799. The lowest BCUT2D eigenvalue weighted by Crippen LogP contribution is -2.40. The van der Waals surface area contributed by atoms with Crippen molar-refractivity contribution in [3.05, 3.63) is 53.7 Å². The smallest absolute Gasteiger partial charge is 0.318 e. The van der Waals surface area contributed by atoms with E-state index in [1.807, 2.05) is 30.3 Å². The van der Waals surface area contributed by atoms with E-state index in [0.29, 0.717) is 12.4 Å². The zero-order valence-corrected chi connectivity index (χ0v) is 14.5. The summed E-state index contributed by atoms with van der Waals surface area (Å²) in [6.45, 7) is 0.742. The minimum Gasteiger partial charge on any atom is -0.446 e. The molecule has 1 aromatic carbocycles. The number of carbonyl (C=O) groups excluding carboxylic acids is 2. The SMILES string of the molecule is O=C(NC1CC1)c1coc(CN(C(=O)NCc2ccccc2)C2CC2)n1. The molecule has 3 amide bonds. The Balaban J connectivity index is 1.35. The van der Waals surface area contributed by atoms with Crippen molar-refractivity contribution < 1.29 is 14.0 Å². The topological polar surface area (TPSA) is 87.5 Å². The Morgan fingerprint density at radius 3 is 2.62 bits per heavy atom. The minimum atomic E-state index is -0.214. The number of amides is 3. The summed E-state index contributed by atoms with van der Waals surface area (Å²) in [7, 11) is 0. The predicted octanol–water partition coefficient (Wildman–Crippen LogP) is 2.44. The highest BCUT2D eigenvalue weighted by Crippen LogP contribution is 2.28. The van der Waals surface area contributed by atoms with E-state index in [4.69, 9.17) is 4.42 Å². The van der Waals surface area contributed by atoms with Crippen LogP contribution < -0.4 is 10.6 Å². The largest absolute Gasteiger partial charge is 0.446 e. The van der Waals surface area contributed by atoms with Gasteiger partial charge in [0.15, 0.2) is 5.69 Å². The summed E-state index contributed by atoms with van der Waals surface area (Å²) in [6, 6.07) is 10.1. The van der Waals surface area contributed by atoms with E-state index in [2.05, 4.69) is 15.6 Å². The summed E-state index contributed by atoms with van der Waals surface area (Å²) >= 11 is 0. The average Bonchev–Trinajstić information content (AvgIpc) is 3.59.